The molecule has 0 saturated heterocycles. The summed E-state index contributed by atoms with van der Waals surface area (Å²) in [5.74, 6) is 0. The molecule has 2 aromatic rings. The highest BCUT2D eigenvalue weighted by Gasteiger charge is 2.03. The van der Waals surface area contributed by atoms with E-state index in [1.807, 2.05) is 0 Å². The van der Waals surface area contributed by atoms with Gasteiger partial charge in [0.2, 0.25) is 0 Å². The molecule has 0 aliphatic carbocycles. The third-order valence-electron chi connectivity index (χ3n) is 3.19. The lowest BCUT2D eigenvalue weighted by molar-refractivity contribution is 0.296. The maximum absolute atomic E-state index is 3.59. The second kappa shape index (κ2) is 5.65. The molecule has 0 N–H and O–H groups in total. The van der Waals surface area contributed by atoms with Crippen LogP contribution in [0.5, 0.6) is 0 Å². The SMILES string of the molecule is CCN(CC)Cc1ccc2c(Br)cccc2c1. The van der Waals surface area contributed by atoms with Gasteiger partial charge in [-0.3, -0.25) is 4.90 Å². The molecule has 2 heteroatoms. The van der Waals surface area contributed by atoms with Crippen LogP contribution in [0.3, 0.4) is 0 Å². The van der Waals surface area contributed by atoms with Crippen molar-refractivity contribution in [3.63, 3.8) is 0 Å². The van der Waals surface area contributed by atoms with E-state index in [1.54, 1.807) is 0 Å². The van der Waals surface area contributed by atoms with Crippen LogP contribution in [-0.2, 0) is 6.54 Å². The van der Waals surface area contributed by atoms with Crippen molar-refractivity contribution in [3.05, 3.63) is 46.4 Å². The van der Waals surface area contributed by atoms with Crippen LogP contribution in [0.1, 0.15) is 19.4 Å². The summed E-state index contributed by atoms with van der Waals surface area (Å²) in [4.78, 5) is 2.43. The average molecular weight is 292 g/mol. The fraction of sp³-hybridized carbons (Fsp3) is 0.333. The standard InChI is InChI=1S/C15H18BrN/c1-3-17(4-2)11-12-8-9-14-13(10-12)6-5-7-15(14)16/h5-10H,3-4,11H2,1-2H3. The molecule has 0 spiro atoms. The minimum atomic E-state index is 1.04. The monoisotopic (exact) mass is 291 g/mol. The van der Waals surface area contributed by atoms with Gasteiger partial charge in [-0.2, -0.15) is 0 Å². The third kappa shape index (κ3) is 2.88. The van der Waals surface area contributed by atoms with Gasteiger partial charge in [-0.25, -0.2) is 0 Å². The molecule has 0 aromatic heterocycles. The van der Waals surface area contributed by atoms with Crippen LogP contribution in [0.25, 0.3) is 10.8 Å². The molecule has 2 aromatic carbocycles. The van der Waals surface area contributed by atoms with Gasteiger partial charge in [0.15, 0.2) is 0 Å². The highest BCUT2D eigenvalue weighted by atomic mass is 79.9. The predicted octanol–water partition coefficient (Wildman–Crippen LogP) is 4.44. The second-order valence-corrected chi connectivity index (χ2v) is 5.11. The van der Waals surface area contributed by atoms with Gasteiger partial charge in [-0.15, -0.1) is 0 Å². The number of halogens is 1. The van der Waals surface area contributed by atoms with Gasteiger partial charge in [0.05, 0.1) is 0 Å². The van der Waals surface area contributed by atoms with Crippen LogP contribution in [-0.4, -0.2) is 18.0 Å². The average Bonchev–Trinajstić information content (AvgIpc) is 2.36. The molecule has 0 fully saturated rings. The number of fused-ring (bicyclic) bond motifs is 1. The van der Waals surface area contributed by atoms with Crippen molar-refractivity contribution in [3.8, 4) is 0 Å². The molecular formula is C15H18BrN. The predicted molar refractivity (Wildman–Crippen MR) is 78.3 cm³/mol. The lowest BCUT2D eigenvalue weighted by Gasteiger charge is -2.18. The summed E-state index contributed by atoms with van der Waals surface area (Å²) in [7, 11) is 0. The zero-order valence-electron chi connectivity index (χ0n) is 10.4. The molecule has 0 aliphatic heterocycles. The first-order valence-electron chi connectivity index (χ1n) is 6.14. The summed E-state index contributed by atoms with van der Waals surface area (Å²) in [6, 6.07) is 13.1. The van der Waals surface area contributed by atoms with Gasteiger partial charge in [0, 0.05) is 11.0 Å². The summed E-state index contributed by atoms with van der Waals surface area (Å²) in [5.41, 5.74) is 1.39. The van der Waals surface area contributed by atoms with Crippen LogP contribution in [0, 0.1) is 0 Å². The smallest absolute Gasteiger partial charge is 0.0253 e. The Bertz CT molecular complexity index is 503. The van der Waals surface area contributed by atoms with Crippen molar-refractivity contribution >= 4 is 26.7 Å². The van der Waals surface area contributed by atoms with Crippen molar-refractivity contribution in [2.75, 3.05) is 13.1 Å². The molecule has 0 atom stereocenters. The first kappa shape index (κ1) is 12.6. The van der Waals surface area contributed by atoms with E-state index < -0.39 is 0 Å². The van der Waals surface area contributed by atoms with Gasteiger partial charge in [0.25, 0.3) is 0 Å². The van der Waals surface area contributed by atoms with Gasteiger partial charge in [-0.05, 0) is 41.6 Å². The van der Waals surface area contributed by atoms with Crippen LogP contribution >= 0.6 is 15.9 Å². The molecular weight excluding hydrogens is 274 g/mol. The fourth-order valence-electron chi connectivity index (χ4n) is 2.10. The largest absolute Gasteiger partial charge is 0.300 e. The number of nitrogens with zero attached hydrogens (tertiary/aromatic N) is 1. The fourth-order valence-corrected chi connectivity index (χ4v) is 2.61. The van der Waals surface area contributed by atoms with Gasteiger partial charge in [-0.1, -0.05) is 54.0 Å². The molecule has 0 radical (unpaired) electrons. The molecule has 0 amide bonds. The molecule has 17 heavy (non-hydrogen) atoms. The molecule has 90 valence electrons. The highest BCUT2D eigenvalue weighted by Crippen LogP contribution is 2.24. The molecule has 0 saturated carbocycles. The molecule has 1 nitrogen and oxygen atoms in total. The van der Waals surface area contributed by atoms with Gasteiger partial charge < -0.3 is 0 Å². The summed E-state index contributed by atoms with van der Waals surface area (Å²) in [6.07, 6.45) is 0. The molecule has 0 heterocycles. The first-order chi connectivity index (χ1) is 8.24. The molecule has 2 rings (SSSR count). The second-order valence-electron chi connectivity index (χ2n) is 4.26. The summed E-state index contributed by atoms with van der Waals surface area (Å²) in [6.45, 7) is 7.66. The number of hydrogen-bond acceptors (Lipinski definition) is 1. The van der Waals surface area contributed by atoms with E-state index in [-0.39, 0.29) is 0 Å². The van der Waals surface area contributed by atoms with Crippen molar-refractivity contribution < 1.29 is 0 Å². The van der Waals surface area contributed by atoms with Crippen LogP contribution in [0.15, 0.2) is 40.9 Å². The Morgan fingerprint density at radius 1 is 1.06 bits per heavy atom. The molecule has 0 bridgehead atoms. The zero-order valence-corrected chi connectivity index (χ0v) is 12.0. The van der Waals surface area contributed by atoms with Gasteiger partial charge in [0.1, 0.15) is 0 Å². The topological polar surface area (TPSA) is 3.24 Å². The Hall–Kier alpha value is -0.860. The van der Waals surface area contributed by atoms with Crippen molar-refractivity contribution in [2.24, 2.45) is 0 Å². The maximum Gasteiger partial charge on any atom is 0.0253 e. The van der Waals surface area contributed by atoms with E-state index in [0.29, 0.717) is 0 Å². The maximum atomic E-state index is 3.59. The molecule has 0 aliphatic rings. The minimum absolute atomic E-state index is 1.04. The van der Waals surface area contributed by atoms with Crippen LogP contribution in [0.4, 0.5) is 0 Å². The van der Waals surface area contributed by atoms with Crippen LogP contribution in [0.2, 0.25) is 0 Å². The number of benzene rings is 2. The normalized spacial score (nSPS) is 11.3. The Kier molecular flexibility index (Phi) is 4.19. The first-order valence-corrected chi connectivity index (χ1v) is 6.93. The lowest BCUT2D eigenvalue weighted by Crippen LogP contribution is -2.21. The van der Waals surface area contributed by atoms with E-state index in [9.17, 15) is 0 Å². The Morgan fingerprint density at radius 3 is 2.53 bits per heavy atom. The zero-order chi connectivity index (χ0) is 12.3. The number of rotatable bonds is 4. The van der Waals surface area contributed by atoms with E-state index in [0.717, 1.165) is 19.6 Å². The quantitative estimate of drug-likeness (QED) is 0.805. The summed E-state index contributed by atoms with van der Waals surface area (Å²) in [5, 5.41) is 2.60. The van der Waals surface area contributed by atoms with Gasteiger partial charge >= 0.3 is 0 Å². The van der Waals surface area contributed by atoms with Crippen molar-refractivity contribution in [1.29, 1.82) is 0 Å². The summed E-state index contributed by atoms with van der Waals surface area (Å²) < 4.78 is 1.17. The molecule has 0 unspecified atom stereocenters. The van der Waals surface area contributed by atoms with Crippen LogP contribution < -0.4 is 0 Å². The van der Waals surface area contributed by atoms with E-state index in [1.165, 1.54) is 20.8 Å². The van der Waals surface area contributed by atoms with Crippen molar-refractivity contribution in [1.82, 2.24) is 4.90 Å². The Balaban J connectivity index is 2.32. The summed E-state index contributed by atoms with van der Waals surface area (Å²) >= 11 is 3.59. The Morgan fingerprint density at radius 2 is 1.82 bits per heavy atom. The van der Waals surface area contributed by atoms with E-state index in [2.05, 4.69) is 71.1 Å². The number of hydrogen-bond donors (Lipinski definition) is 0. The highest BCUT2D eigenvalue weighted by molar-refractivity contribution is 9.10. The van der Waals surface area contributed by atoms with E-state index >= 15 is 0 Å². The third-order valence-corrected chi connectivity index (χ3v) is 3.88. The Labute approximate surface area is 112 Å². The van der Waals surface area contributed by atoms with E-state index in [4.69, 9.17) is 0 Å². The minimum Gasteiger partial charge on any atom is -0.300 e. The van der Waals surface area contributed by atoms with Crippen molar-refractivity contribution in [2.45, 2.75) is 20.4 Å². The lowest BCUT2D eigenvalue weighted by atomic mass is 10.1.